The molecule has 0 atom stereocenters. The van der Waals surface area contributed by atoms with Crippen molar-refractivity contribution in [1.29, 1.82) is 0 Å². The van der Waals surface area contributed by atoms with E-state index in [1.807, 2.05) is 60.7 Å². The van der Waals surface area contributed by atoms with Crippen molar-refractivity contribution >= 4 is 28.5 Å². The van der Waals surface area contributed by atoms with Crippen molar-refractivity contribution in [3.05, 3.63) is 65.7 Å². The quantitative estimate of drug-likeness (QED) is 0.489. The van der Waals surface area contributed by atoms with Crippen LogP contribution in [0.4, 0.5) is 0 Å². The molecule has 0 unspecified atom stereocenters. The molecule has 0 spiro atoms. The first kappa shape index (κ1) is 19.7. The van der Waals surface area contributed by atoms with Crippen LogP contribution in [0.25, 0.3) is 33.5 Å². The number of benzene rings is 2. The van der Waals surface area contributed by atoms with Gasteiger partial charge in [0.05, 0.1) is 10.4 Å². The number of nitrogens with one attached hydrogen (secondary N) is 1. The van der Waals surface area contributed by atoms with Gasteiger partial charge in [-0.3, -0.25) is 4.79 Å². The molecular formula is C24H22ClN5O. The fraction of sp³-hybridized carbons (Fsp3) is 0.250. The van der Waals surface area contributed by atoms with Crippen molar-refractivity contribution in [1.82, 2.24) is 25.3 Å². The zero-order valence-electron chi connectivity index (χ0n) is 17.2. The van der Waals surface area contributed by atoms with Gasteiger partial charge < -0.3 is 5.32 Å². The van der Waals surface area contributed by atoms with E-state index in [0.29, 0.717) is 27.4 Å². The van der Waals surface area contributed by atoms with Gasteiger partial charge in [-0.05, 0) is 26.2 Å². The molecule has 0 aliphatic heterocycles. The van der Waals surface area contributed by atoms with Crippen LogP contribution in [0.1, 0.15) is 26.2 Å². The van der Waals surface area contributed by atoms with Gasteiger partial charge in [-0.15, -0.1) is 10.2 Å². The second kappa shape index (κ2) is 7.78. The Kier molecular flexibility index (Phi) is 4.94. The summed E-state index contributed by atoms with van der Waals surface area (Å²) < 4.78 is 1.60. The van der Waals surface area contributed by atoms with E-state index in [9.17, 15) is 4.79 Å². The van der Waals surface area contributed by atoms with Crippen LogP contribution in [0, 0.1) is 0 Å². The smallest absolute Gasteiger partial charge is 0.242 e. The van der Waals surface area contributed by atoms with Gasteiger partial charge in [-0.25, -0.2) is 4.68 Å². The SMILES string of the molecule is CC1(NC(=O)Cn2nc(-c3ccccc3)c3c(Cl)c(-c4ccccc4)nnc32)CCC1. The van der Waals surface area contributed by atoms with Crippen molar-refractivity contribution in [3.63, 3.8) is 0 Å². The zero-order valence-corrected chi connectivity index (χ0v) is 17.9. The number of fused-ring (bicyclic) bond motifs is 1. The minimum atomic E-state index is -0.119. The van der Waals surface area contributed by atoms with Crippen molar-refractivity contribution in [2.75, 3.05) is 0 Å². The second-order valence-corrected chi connectivity index (χ2v) is 8.64. The molecule has 31 heavy (non-hydrogen) atoms. The van der Waals surface area contributed by atoms with E-state index >= 15 is 0 Å². The van der Waals surface area contributed by atoms with E-state index < -0.39 is 0 Å². The number of carbonyl (C=O) groups is 1. The van der Waals surface area contributed by atoms with Gasteiger partial charge in [0.25, 0.3) is 0 Å². The summed E-state index contributed by atoms with van der Waals surface area (Å²) >= 11 is 6.86. The lowest BCUT2D eigenvalue weighted by Crippen LogP contribution is -2.51. The minimum absolute atomic E-state index is 0.0641. The van der Waals surface area contributed by atoms with Gasteiger partial charge in [0.15, 0.2) is 5.65 Å². The van der Waals surface area contributed by atoms with Crippen molar-refractivity contribution in [2.24, 2.45) is 0 Å². The van der Waals surface area contributed by atoms with Crippen molar-refractivity contribution in [3.8, 4) is 22.5 Å². The summed E-state index contributed by atoms with van der Waals surface area (Å²) in [4.78, 5) is 12.7. The van der Waals surface area contributed by atoms with E-state index in [1.165, 1.54) is 0 Å². The van der Waals surface area contributed by atoms with Gasteiger partial charge in [-0.2, -0.15) is 5.10 Å². The Morgan fingerprint density at radius 1 is 1.00 bits per heavy atom. The van der Waals surface area contributed by atoms with E-state index in [1.54, 1.807) is 4.68 Å². The van der Waals surface area contributed by atoms with E-state index in [4.69, 9.17) is 16.7 Å². The maximum atomic E-state index is 12.7. The Morgan fingerprint density at radius 3 is 2.19 bits per heavy atom. The van der Waals surface area contributed by atoms with E-state index in [2.05, 4.69) is 22.4 Å². The first-order valence-electron chi connectivity index (χ1n) is 10.4. The highest BCUT2D eigenvalue weighted by molar-refractivity contribution is 6.38. The Balaban J connectivity index is 1.62. The van der Waals surface area contributed by atoms with Crippen LogP contribution in [0.5, 0.6) is 0 Å². The lowest BCUT2D eigenvalue weighted by Gasteiger charge is -2.39. The van der Waals surface area contributed by atoms with Gasteiger partial charge in [0.2, 0.25) is 5.91 Å². The molecule has 2 aromatic heterocycles. The molecule has 1 aliphatic rings. The Morgan fingerprint density at radius 2 is 1.61 bits per heavy atom. The molecule has 1 amide bonds. The van der Waals surface area contributed by atoms with Gasteiger partial charge in [-0.1, -0.05) is 72.3 Å². The third-order valence-corrected chi connectivity index (χ3v) is 6.25. The lowest BCUT2D eigenvalue weighted by molar-refractivity contribution is -0.124. The first-order chi connectivity index (χ1) is 15.0. The number of nitrogens with zero attached hydrogens (tertiary/aromatic N) is 4. The number of hydrogen-bond donors (Lipinski definition) is 1. The molecule has 0 radical (unpaired) electrons. The lowest BCUT2D eigenvalue weighted by atomic mass is 9.78. The molecule has 0 saturated heterocycles. The van der Waals surface area contributed by atoms with Crippen LogP contribution in [-0.4, -0.2) is 31.4 Å². The fourth-order valence-electron chi connectivity index (χ4n) is 4.05. The molecule has 0 bridgehead atoms. The molecule has 1 aliphatic carbocycles. The van der Waals surface area contributed by atoms with Crippen LogP contribution in [0.2, 0.25) is 5.02 Å². The normalized spacial score (nSPS) is 14.9. The van der Waals surface area contributed by atoms with Crippen LogP contribution in [0.15, 0.2) is 60.7 Å². The molecule has 1 saturated carbocycles. The molecular weight excluding hydrogens is 410 g/mol. The molecule has 2 heterocycles. The van der Waals surface area contributed by atoms with Crippen molar-refractivity contribution in [2.45, 2.75) is 38.3 Å². The average Bonchev–Trinajstić information content (AvgIpc) is 3.13. The second-order valence-electron chi connectivity index (χ2n) is 8.26. The average molecular weight is 432 g/mol. The van der Waals surface area contributed by atoms with Crippen LogP contribution < -0.4 is 5.32 Å². The molecule has 2 aromatic carbocycles. The third-order valence-electron chi connectivity index (χ3n) is 5.88. The topological polar surface area (TPSA) is 72.7 Å². The third kappa shape index (κ3) is 3.68. The highest BCUT2D eigenvalue weighted by Gasteiger charge is 2.33. The molecule has 7 heteroatoms. The Bertz CT molecular complexity index is 1250. The number of carbonyl (C=O) groups excluding carboxylic acids is 1. The standard InChI is InChI=1S/C24H22ClN5O/c1-24(13-8-14-24)26-18(31)15-30-23-19(21(29-30)16-9-4-2-5-10-16)20(25)22(27-28-23)17-11-6-3-7-12-17/h2-7,9-12H,8,13-15H2,1H3,(H,26,31). The van der Waals surface area contributed by atoms with Crippen molar-refractivity contribution < 1.29 is 4.79 Å². The van der Waals surface area contributed by atoms with Gasteiger partial charge in [0.1, 0.15) is 17.9 Å². The highest BCUT2D eigenvalue weighted by atomic mass is 35.5. The number of aromatic nitrogens is 4. The maximum Gasteiger partial charge on any atom is 0.242 e. The summed E-state index contributed by atoms with van der Waals surface area (Å²) in [5.41, 5.74) is 3.45. The molecule has 5 rings (SSSR count). The summed E-state index contributed by atoms with van der Waals surface area (Å²) in [6.07, 6.45) is 3.14. The molecule has 4 aromatic rings. The summed E-state index contributed by atoms with van der Waals surface area (Å²) in [6, 6.07) is 19.5. The van der Waals surface area contributed by atoms with E-state index in [0.717, 1.165) is 30.4 Å². The van der Waals surface area contributed by atoms with Crippen LogP contribution in [-0.2, 0) is 11.3 Å². The first-order valence-corrected chi connectivity index (χ1v) is 10.8. The number of halogens is 1. The van der Waals surface area contributed by atoms with Gasteiger partial charge >= 0.3 is 0 Å². The summed E-state index contributed by atoms with van der Waals surface area (Å²) in [5.74, 6) is -0.0868. The molecule has 1 fully saturated rings. The predicted molar refractivity (Wildman–Crippen MR) is 122 cm³/mol. The summed E-state index contributed by atoms with van der Waals surface area (Å²) in [6.45, 7) is 2.14. The molecule has 156 valence electrons. The monoisotopic (exact) mass is 431 g/mol. The highest BCUT2D eigenvalue weighted by Crippen LogP contribution is 2.37. The Labute approximate surface area is 185 Å². The number of rotatable bonds is 5. The molecule has 1 N–H and O–H groups in total. The predicted octanol–water partition coefficient (Wildman–Crippen LogP) is 4.87. The van der Waals surface area contributed by atoms with Gasteiger partial charge in [0, 0.05) is 16.7 Å². The van der Waals surface area contributed by atoms with E-state index in [-0.39, 0.29) is 18.0 Å². The maximum absolute atomic E-state index is 12.7. The largest absolute Gasteiger partial charge is 0.349 e. The minimum Gasteiger partial charge on any atom is -0.349 e. The molecule has 6 nitrogen and oxygen atoms in total. The summed E-state index contributed by atoms with van der Waals surface area (Å²) in [7, 11) is 0. The number of hydrogen-bond acceptors (Lipinski definition) is 4. The summed E-state index contributed by atoms with van der Waals surface area (Å²) in [5, 5.41) is 17.9. The fourth-order valence-corrected chi connectivity index (χ4v) is 4.37. The Hall–Kier alpha value is -3.25. The number of amides is 1. The zero-order chi connectivity index (χ0) is 21.4. The van der Waals surface area contributed by atoms with Crippen LogP contribution >= 0.6 is 11.6 Å². The van der Waals surface area contributed by atoms with Crippen LogP contribution in [0.3, 0.4) is 0 Å².